The van der Waals surface area contributed by atoms with Crippen molar-refractivity contribution in [2.75, 3.05) is 13.1 Å². The Balaban J connectivity index is 1.26. The lowest BCUT2D eigenvalue weighted by Gasteiger charge is -2.33. The largest absolute Gasteiger partial charge is 0.337 e. The first-order valence-corrected chi connectivity index (χ1v) is 14.9. The summed E-state index contributed by atoms with van der Waals surface area (Å²) in [5.41, 5.74) is 6.00. The van der Waals surface area contributed by atoms with Crippen molar-refractivity contribution < 1.29 is 4.79 Å². The van der Waals surface area contributed by atoms with E-state index in [2.05, 4.69) is 48.6 Å². The van der Waals surface area contributed by atoms with Gasteiger partial charge in [0, 0.05) is 69.0 Å². The smallest absolute Gasteiger partial charge is 0.253 e. The lowest BCUT2D eigenvalue weighted by molar-refractivity contribution is 0.0694. The molecule has 4 aromatic rings. The average molecular weight is 579 g/mol. The van der Waals surface area contributed by atoms with Crippen LogP contribution in [0.3, 0.4) is 0 Å². The molecule has 4 nitrogen and oxygen atoms in total. The highest BCUT2D eigenvalue weighted by molar-refractivity contribution is 7.14. The summed E-state index contributed by atoms with van der Waals surface area (Å²) in [6.45, 7) is 8.70. The summed E-state index contributed by atoms with van der Waals surface area (Å²) in [5.74, 6) is 0.0268. The van der Waals surface area contributed by atoms with Crippen molar-refractivity contribution in [2.45, 2.75) is 51.6 Å². The molecule has 2 aromatic heterocycles. The van der Waals surface area contributed by atoms with Gasteiger partial charge >= 0.3 is 0 Å². The van der Waals surface area contributed by atoms with Gasteiger partial charge in [0.2, 0.25) is 0 Å². The van der Waals surface area contributed by atoms with E-state index >= 15 is 0 Å². The minimum absolute atomic E-state index is 0.0110. The third kappa shape index (κ3) is 6.72. The minimum atomic E-state index is -0.0110. The average Bonchev–Trinajstić information content (AvgIpc) is 3.42. The first-order valence-electron chi connectivity index (χ1n) is 13.3. The number of nitrogens with one attached hydrogen (secondary N) is 1. The van der Waals surface area contributed by atoms with Crippen LogP contribution in [0.1, 0.15) is 55.2 Å². The zero-order chi connectivity index (χ0) is 27.6. The zero-order valence-corrected chi connectivity index (χ0v) is 24.8. The van der Waals surface area contributed by atoms with Crippen LogP contribution in [0, 0.1) is 0 Å². The number of amides is 1. The lowest BCUT2D eigenvalue weighted by Crippen LogP contribution is -2.47. The highest BCUT2D eigenvalue weighted by Crippen LogP contribution is 2.37. The van der Waals surface area contributed by atoms with Gasteiger partial charge in [0.05, 0.1) is 0 Å². The van der Waals surface area contributed by atoms with Gasteiger partial charge in [0.15, 0.2) is 0 Å². The molecule has 2 aromatic carbocycles. The number of carbonyl (C=O) groups is 1. The Morgan fingerprint density at radius 2 is 1.85 bits per heavy atom. The van der Waals surface area contributed by atoms with E-state index in [9.17, 15) is 4.79 Å². The fraction of sp³-hybridized carbons (Fsp3) is 0.312. The van der Waals surface area contributed by atoms with E-state index in [0.717, 1.165) is 53.3 Å². The molecule has 1 aliphatic heterocycles. The molecule has 0 unspecified atom stereocenters. The Kier molecular flexibility index (Phi) is 8.43. The van der Waals surface area contributed by atoms with Gasteiger partial charge in [0.1, 0.15) is 0 Å². The Morgan fingerprint density at radius 3 is 2.59 bits per heavy atom. The second-order valence-electron chi connectivity index (χ2n) is 11.2. The van der Waals surface area contributed by atoms with E-state index in [0.29, 0.717) is 17.1 Å². The molecule has 0 spiro atoms. The SMILES string of the molecule is CC(C)(C)c1cc(-c2cc(-c3ccc(C(=O)N4CCC[C@H](NCc5ccc(Cl)cc5)C4)cc3Cl)cs2)ccn1. The van der Waals surface area contributed by atoms with Gasteiger partial charge in [-0.1, -0.05) is 62.2 Å². The summed E-state index contributed by atoms with van der Waals surface area (Å²) in [5, 5.41) is 7.04. The predicted molar refractivity (Wildman–Crippen MR) is 164 cm³/mol. The molecule has 0 aliphatic carbocycles. The van der Waals surface area contributed by atoms with E-state index in [1.54, 1.807) is 11.3 Å². The van der Waals surface area contributed by atoms with Gasteiger partial charge in [0.25, 0.3) is 5.91 Å². The number of halogens is 2. The van der Waals surface area contributed by atoms with Crippen molar-refractivity contribution >= 4 is 40.4 Å². The van der Waals surface area contributed by atoms with Crippen LogP contribution in [0.2, 0.25) is 10.0 Å². The Bertz CT molecular complexity index is 1460. The number of rotatable bonds is 6. The van der Waals surface area contributed by atoms with E-state index in [1.165, 1.54) is 10.4 Å². The van der Waals surface area contributed by atoms with Gasteiger partial charge in [-0.05, 0) is 77.4 Å². The fourth-order valence-corrected chi connectivity index (χ4v) is 6.20. The number of hydrogen-bond acceptors (Lipinski definition) is 4. The maximum Gasteiger partial charge on any atom is 0.253 e. The monoisotopic (exact) mass is 577 g/mol. The lowest BCUT2D eigenvalue weighted by atomic mass is 9.90. The first-order chi connectivity index (χ1) is 18.7. The van der Waals surface area contributed by atoms with E-state index in [4.69, 9.17) is 23.2 Å². The van der Waals surface area contributed by atoms with Crippen molar-refractivity contribution in [3.63, 3.8) is 0 Å². The minimum Gasteiger partial charge on any atom is -0.337 e. The topological polar surface area (TPSA) is 45.2 Å². The normalized spacial score (nSPS) is 15.9. The standard InChI is InChI=1S/C32H33Cl2N3OS/c1-32(2,3)30-17-22(12-13-35-30)29-16-24(20-39-29)27-11-8-23(15-28(27)34)31(38)37-14-4-5-26(19-37)36-18-21-6-9-25(33)10-7-21/h6-13,15-17,20,26,36H,4-5,14,18-19H2,1-3H3/t26-/m0/s1. The third-order valence-corrected chi connectivity index (χ3v) is 8.70. The van der Waals surface area contributed by atoms with E-state index < -0.39 is 0 Å². The van der Waals surface area contributed by atoms with Crippen LogP contribution >= 0.6 is 34.5 Å². The predicted octanol–water partition coefficient (Wildman–Crippen LogP) is 8.48. The van der Waals surface area contributed by atoms with Gasteiger partial charge < -0.3 is 10.2 Å². The maximum absolute atomic E-state index is 13.4. The van der Waals surface area contributed by atoms with Crippen molar-refractivity contribution in [1.82, 2.24) is 15.2 Å². The highest BCUT2D eigenvalue weighted by atomic mass is 35.5. The maximum atomic E-state index is 13.4. The molecule has 0 bridgehead atoms. The molecule has 5 rings (SSSR count). The molecule has 1 amide bonds. The van der Waals surface area contributed by atoms with Gasteiger partial charge in [-0.3, -0.25) is 9.78 Å². The van der Waals surface area contributed by atoms with Crippen LogP contribution in [0.25, 0.3) is 21.6 Å². The molecule has 7 heteroatoms. The van der Waals surface area contributed by atoms with Crippen LogP contribution in [-0.4, -0.2) is 34.9 Å². The van der Waals surface area contributed by atoms with Crippen LogP contribution in [0.4, 0.5) is 0 Å². The summed E-state index contributed by atoms with van der Waals surface area (Å²) in [6.07, 6.45) is 3.90. The van der Waals surface area contributed by atoms with Crippen molar-refractivity contribution in [3.8, 4) is 21.6 Å². The van der Waals surface area contributed by atoms with Crippen LogP contribution in [0.15, 0.2) is 72.2 Å². The van der Waals surface area contributed by atoms with Crippen LogP contribution in [0.5, 0.6) is 0 Å². The molecule has 1 N–H and O–H groups in total. The highest BCUT2D eigenvalue weighted by Gasteiger charge is 2.25. The summed E-state index contributed by atoms with van der Waals surface area (Å²) >= 11 is 14.4. The number of aromatic nitrogens is 1. The molecule has 3 heterocycles. The van der Waals surface area contributed by atoms with Gasteiger partial charge in [-0.15, -0.1) is 11.3 Å². The summed E-state index contributed by atoms with van der Waals surface area (Å²) < 4.78 is 0. The molecule has 39 heavy (non-hydrogen) atoms. The number of nitrogens with zero attached hydrogens (tertiary/aromatic N) is 2. The van der Waals surface area contributed by atoms with Crippen molar-refractivity contribution in [1.29, 1.82) is 0 Å². The fourth-order valence-electron chi connectivity index (χ4n) is 4.88. The number of hydrogen-bond donors (Lipinski definition) is 1. The quantitative estimate of drug-likeness (QED) is 0.250. The van der Waals surface area contributed by atoms with Crippen LogP contribution in [-0.2, 0) is 12.0 Å². The van der Waals surface area contributed by atoms with Crippen molar-refractivity contribution in [2.24, 2.45) is 0 Å². The number of likely N-dealkylation sites (tertiary alicyclic amines) is 1. The summed E-state index contributed by atoms with van der Waals surface area (Å²) in [7, 11) is 0. The van der Waals surface area contributed by atoms with Crippen molar-refractivity contribution in [3.05, 3.63) is 99.1 Å². The number of benzene rings is 2. The summed E-state index contributed by atoms with van der Waals surface area (Å²) in [6, 6.07) is 20.2. The summed E-state index contributed by atoms with van der Waals surface area (Å²) in [4.78, 5) is 21.0. The zero-order valence-electron chi connectivity index (χ0n) is 22.5. The number of piperidine rings is 1. The molecule has 202 valence electrons. The molecular weight excluding hydrogens is 545 g/mol. The number of pyridine rings is 1. The number of thiophene rings is 1. The third-order valence-electron chi connectivity index (χ3n) is 7.16. The molecule has 1 atom stereocenters. The van der Waals surface area contributed by atoms with Gasteiger partial charge in [-0.25, -0.2) is 0 Å². The molecule has 0 radical (unpaired) electrons. The molecule has 1 saturated heterocycles. The first kappa shape index (κ1) is 27.9. The molecular formula is C32H33Cl2N3OS. The second kappa shape index (κ2) is 11.8. The van der Waals surface area contributed by atoms with E-state index in [1.807, 2.05) is 59.6 Å². The molecule has 1 aliphatic rings. The molecule has 0 saturated carbocycles. The Hall–Kier alpha value is -2.70. The van der Waals surface area contributed by atoms with Crippen LogP contribution < -0.4 is 5.32 Å². The van der Waals surface area contributed by atoms with E-state index in [-0.39, 0.29) is 17.4 Å². The Morgan fingerprint density at radius 1 is 1.05 bits per heavy atom. The van der Waals surface area contributed by atoms with Gasteiger partial charge in [-0.2, -0.15) is 0 Å². The molecule has 1 fully saturated rings. The Labute approximate surface area is 245 Å². The number of carbonyl (C=O) groups excluding carboxylic acids is 1. The second-order valence-corrected chi connectivity index (χ2v) is 12.9.